The van der Waals surface area contributed by atoms with Crippen LogP contribution >= 0.6 is 0 Å². The van der Waals surface area contributed by atoms with Crippen LogP contribution in [0.4, 0.5) is 0 Å². The average Bonchev–Trinajstić information content (AvgIpc) is 2.93. The molecule has 1 spiro atoms. The minimum absolute atomic E-state index is 0.101. The predicted molar refractivity (Wildman–Crippen MR) is 142 cm³/mol. The van der Waals surface area contributed by atoms with E-state index in [1.54, 1.807) is 35.2 Å². The zero-order valence-electron chi connectivity index (χ0n) is 21.8. The van der Waals surface area contributed by atoms with Crippen LogP contribution in [0.1, 0.15) is 42.5 Å². The summed E-state index contributed by atoms with van der Waals surface area (Å²) < 4.78 is 42.7. The van der Waals surface area contributed by atoms with Crippen LogP contribution in [0.15, 0.2) is 53.4 Å². The van der Waals surface area contributed by atoms with Gasteiger partial charge in [0.15, 0.2) is 9.84 Å². The van der Waals surface area contributed by atoms with Crippen molar-refractivity contribution >= 4 is 21.7 Å². The summed E-state index contributed by atoms with van der Waals surface area (Å²) in [6.07, 6.45) is 4.14. The second-order valence-electron chi connectivity index (χ2n) is 9.93. The Kier molecular flexibility index (Phi) is 9.27. The highest BCUT2D eigenvalue weighted by molar-refractivity contribution is 7.92. The SMILES string of the molecule is COc1ccc(S(=O)(=O)CC(=O)N2CCC3(CCCCOCCNC(=O)c4ccccc4OC3)CC2)cc1. The maximum absolute atomic E-state index is 13.0. The van der Waals surface area contributed by atoms with E-state index in [-0.39, 0.29) is 16.2 Å². The van der Waals surface area contributed by atoms with Crippen LogP contribution in [0.3, 0.4) is 0 Å². The number of piperidine rings is 1. The summed E-state index contributed by atoms with van der Waals surface area (Å²) >= 11 is 0. The normalized spacial score (nSPS) is 19.0. The van der Waals surface area contributed by atoms with Crippen LogP contribution in [-0.4, -0.2) is 77.4 Å². The Bertz CT molecular complexity index is 1210. The Morgan fingerprint density at radius 2 is 1.76 bits per heavy atom. The summed E-state index contributed by atoms with van der Waals surface area (Å²) in [6, 6.07) is 13.3. The van der Waals surface area contributed by atoms with Crippen LogP contribution in [-0.2, 0) is 19.4 Å². The number of nitrogens with zero attached hydrogens (tertiary/aromatic N) is 1. The van der Waals surface area contributed by atoms with Crippen LogP contribution in [0.2, 0.25) is 0 Å². The summed E-state index contributed by atoms with van der Waals surface area (Å²) in [5, 5.41) is 2.87. The quantitative estimate of drug-likeness (QED) is 0.630. The Balaban J connectivity index is 1.42. The first-order chi connectivity index (χ1) is 18.3. The van der Waals surface area contributed by atoms with E-state index in [9.17, 15) is 18.0 Å². The van der Waals surface area contributed by atoms with Crippen LogP contribution in [0, 0.1) is 5.41 Å². The molecule has 1 fully saturated rings. The first-order valence-corrected chi connectivity index (χ1v) is 14.7. The summed E-state index contributed by atoms with van der Waals surface area (Å²) in [7, 11) is -2.25. The van der Waals surface area contributed by atoms with Crippen molar-refractivity contribution in [1.29, 1.82) is 0 Å². The number of likely N-dealkylation sites (tertiary alicyclic amines) is 1. The maximum atomic E-state index is 13.0. The smallest absolute Gasteiger partial charge is 0.255 e. The van der Waals surface area contributed by atoms with Crippen molar-refractivity contribution < 1.29 is 32.2 Å². The van der Waals surface area contributed by atoms with E-state index in [4.69, 9.17) is 14.2 Å². The fraction of sp³-hybridized carbons (Fsp3) is 0.500. The van der Waals surface area contributed by atoms with Crippen molar-refractivity contribution in [2.45, 2.75) is 37.0 Å². The molecule has 0 radical (unpaired) electrons. The molecule has 1 saturated heterocycles. The second-order valence-corrected chi connectivity index (χ2v) is 11.9. The van der Waals surface area contributed by atoms with Gasteiger partial charge in [-0.1, -0.05) is 18.6 Å². The highest BCUT2D eigenvalue weighted by Gasteiger charge is 2.37. The monoisotopic (exact) mass is 544 g/mol. The average molecular weight is 545 g/mol. The van der Waals surface area contributed by atoms with Gasteiger partial charge in [0.05, 0.1) is 30.8 Å². The molecule has 10 heteroatoms. The van der Waals surface area contributed by atoms with Gasteiger partial charge in [-0.25, -0.2) is 8.42 Å². The molecule has 4 rings (SSSR count). The number of sulfone groups is 1. The number of rotatable bonds is 4. The van der Waals surface area contributed by atoms with Crippen LogP contribution in [0.25, 0.3) is 0 Å². The lowest BCUT2D eigenvalue weighted by atomic mass is 9.75. The Hall–Kier alpha value is -3.11. The van der Waals surface area contributed by atoms with Gasteiger partial charge in [-0.15, -0.1) is 0 Å². The standard InChI is InChI=1S/C28H36N2O7S/c1-35-22-8-10-23(11-9-22)38(33,34)20-26(31)30-16-13-28(14-17-30)12-4-5-18-36-19-15-29-27(32)24-6-2-3-7-25(24)37-21-28/h2-3,6-11H,4-5,12-21H2,1H3,(H,29,32). The van der Waals surface area contributed by atoms with Crippen molar-refractivity contribution in [2.24, 2.45) is 5.41 Å². The molecule has 0 unspecified atom stereocenters. The lowest BCUT2D eigenvalue weighted by Gasteiger charge is -2.42. The van der Waals surface area contributed by atoms with E-state index in [2.05, 4.69) is 5.32 Å². The van der Waals surface area contributed by atoms with Gasteiger partial charge in [-0.2, -0.15) is 0 Å². The molecule has 206 valence electrons. The molecular weight excluding hydrogens is 508 g/mol. The van der Waals surface area contributed by atoms with Gasteiger partial charge in [-0.05, 0) is 62.1 Å². The van der Waals surface area contributed by atoms with E-state index in [1.165, 1.54) is 19.2 Å². The summed E-state index contributed by atoms with van der Waals surface area (Å²) in [5.74, 6) is -0.0761. The van der Waals surface area contributed by atoms with E-state index in [0.29, 0.717) is 69.4 Å². The number of amides is 2. The Labute approximate surface area is 224 Å². The molecule has 0 atom stereocenters. The number of carbonyl (C=O) groups excluding carboxylic acids is 2. The zero-order chi connectivity index (χ0) is 27.0. The zero-order valence-corrected chi connectivity index (χ0v) is 22.6. The van der Waals surface area contributed by atoms with E-state index < -0.39 is 21.5 Å². The molecule has 0 saturated carbocycles. The molecule has 2 aromatic carbocycles. The molecular formula is C28H36N2O7S. The van der Waals surface area contributed by atoms with Crippen LogP contribution in [0.5, 0.6) is 11.5 Å². The van der Waals surface area contributed by atoms with Crippen molar-refractivity contribution in [3.8, 4) is 11.5 Å². The van der Waals surface area contributed by atoms with Gasteiger partial charge in [0.1, 0.15) is 17.3 Å². The largest absolute Gasteiger partial charge is 0.497 e. The summed E-state index contributed by atoms with van der Waals surface area (Å²) in [4.78, 5) is 27.4. The molecule has 0 aromatic heterocycles. The number of para-hydroxylation sites is 1. The van der Waals surface area contributed by atoms with Crippen molar-refractivity contribution in [3.63, 3.8) is 0 Å². The van der Waals surface area contributed by atoms with Gasteiger partial charge >= 0.3 is 0 Å². The van der Waals surface area contributed by atoms with Crippen molar-refractivity contribution in [1.82, 2.24) is 10.2 Å². The molecule has 0 bridgehead atoms. The summed E-state index contributed by atoms with van der Waals surface area (Å²) in [6.45, 7) is 2.85. The number of methoxy groups -OCH3 is 1. The van der Waals surface area contributed by atoms with E-state index in [0.717, 1.165) is 19.3 Å². The molecule has 2 heterocycles. The molecule has 1 N–H and O–H groups in total. The number of ether oxygens (including phenoxy) is 3. The first kappa shape index (κ1) is 27.9. The van der Waals surface area contributed by atoms with Crippen LogP contribution < -0.4 is 14.8 Å². The number of hydrogen-bond acceptors (Lipinski definition) is 7. The third-order valence-corrected chi connectivity index (χ3v) is 8.97. The highest BCUT2D eigenvalue weighted by Crippen LogP contribution is 2.38. The minimum Gasteiger partial charge on any atom is -0.497 e. The van der Waals surface area contributed by atoms with E-state index >= 15 is 0 Å². The topological polar surface area (TPSA) is 111 Å². The van der Waals surface area contributed by atoms with Gasteiger partial charge in [0.25, 0.3) is 5.91 Å². The fourth-order valence-electron chi connectivity index (χ4n) is 4.97. The van der Waals surface area contributed by atoms with Crippen molar-refractivity contribution in [2.75, 3.05) is 52.3 Å². The molecule has 0 aliphatic carbocycles. The number of nitrogens with one attached hydrogen (secondary N) is 1. The number of benzene rings is 2. The maximum Gasteiger partial charge on any atom is 0.255 e. The number of hydrogen-bond donors (Lipinski definition) is 1. The van der Waals surface area contributed by atoms with Crippen molar-refractivity contribution in [3.05, 3.63) is 54.1 Å². The summed E-state index contributed by atoms with van der Waals surface area (Å²) in [5.41, 5.74) is 0.301. The highest BCUT2D eigenvalue weighted by atomic mass is 32.2. The second kappa shape index (κ2) is 12.6. The fourth-order valence-corrected chi connectivity index (χ4v) is 6.19. The Morgan fingerprint density at radius 1 is 1.03 bits per heavy atom. The third kappa shape index (κ3) is 7.05. The predicted octanol–water partition coefficient (Wildman–Crippen LogP) is 3.09. The number of carbonyl (C=O) groups is 2. The minimum atomic E-state index is -3.76. The molecule has 2 aliphatic rings. The third-order valence-electron chi connectivity index (χ3n) is 7.35. The molecule has 9 nitrogen and oxygen atoms in total. The van der Waals surface area contributed by atoms with E-state index in [1.807, 2.05) is 6.07 Å². The molecule has 2 aromatic rings. The first-order valence-electron chi connectivity index (χ1n) is 13.0. The molecule has 2 aliphatic heterocycles. The lowest BCUT2D eigenvalue weighted by molar-refractivity contribution is -0.131. The molecule has 2 amide bonds. The Morgan fingerprint density at radius 3 is 2.50 bits per heavy atom. The van der Waals surface area contributed by atoms with Gasteiger partial charge in [-0.3, -0.25) is 9.59 Å². The molecule has 38 heavy (non-hydrogen) atoms. The van der Waals surface area contributed by atoms with Gasteiger partial charge < -0.3 is 24.4 Å². The number of fused-ring (bicyclic) bond motifs is 1. The lowest BCUT2D eigenvalue weighted by Crippen LogP contribution is -2.47. The van der Waals surface area contributed by atoms with Gasteiger partial charge in [0.2, 0.25) is 5.91 Å². The van der Waals surface area contributed by atoms with Gasteiger partial charge in [0, 0.05) is 31.7 Å².